The molecule has 1 aliphatic rings. The molecule has 0 saturated heterocycles. The molecule has 0 aliphatic heterocycles. The maximum atomic E-state index is 4.47. The minimum absolute atomic E-state index is 0.322. The lowest BCUT2D eigenvalue weighted by atomic mass is 9.88. The highest BCUT2D eigenvalue weighted by Gasteiger charge is 2.31. The van der Waals surface area contributed by atoms with Crippen molar-refractivity contribution in [3.63, 3.8) is 0 Å². The molecule has 118 valence electrons. The van der Waals surface area contributed by atoms with Crippen LogP contribution in [0.15, 0.2) is 0 Å². The molecule has 1 fully saturated rings. The molecule has 6 nitrogen and oxygen atoms in total. The number of hydrogen-bond acceptors (Lipinski definition) is 7. The van der Waals surface area contributed by atoms with Crippen molar-refractivity contribution >= 4 is 29.6 Å². The molecule has 1 heterocycles. The SMILES string of the molecule is CNc1nc(NCC2(SC)CCCCC2)nc(N(C)C)n1. The van der Waals surface area contributed by atoms with Crippen LogP contribution >= 0.6 is 11.8 Å². The third kappa shape index (κ3) is 4.12. The molecule has 1 aromatic heterocycles. The summed E-state index contributed by atoms with van der Waals surface area (Å²) in [5.74, 6) is 1.91. The van der Waals surface area contributed by atoms with Crippen molar-refractivity contribution in [1.29, 1.82) is 0 Å². The Morgan fingerprint density at radius 3 is 2.33 bits per heavy atom. The first-order chi connectivity index (χ1) is 10.1. The highest BCUT2D eigenvalue weighted by Crippen LogP contribution is 2.38. The molecule has 0 radical (unpaired) electrons. The number of rotatable bonds is 6. The lowest BCUT2D eigenvalue weighted by Crippen LogP contribution is -2.36. The Balaban J connectivity index is 2.09. The first kappa shape index (κ1) is 16.1. The van der Waals surface area contributed by atoms with Crippen molar-refractivity contribution in [2.75, 3.05) is 49.5 Å². The number of nitrogens with zero attached hydrogens (tertiary/aromatic N) is 4. The Morgan fingerprint density at radius 1 is 1.10 bits per heavy atom. The van der Waals surface area contributed by atoms with E-state index in [2.05, 4.69) is 31.8 Å². The van der Waals surface area contributed by atoms with Gasteiger partial charge in [-0.2, -0.15) is 26.7 Å². The van der Waals surface area contributed by atoms with Gasteiger partial charge in [-0.05, 0) is 19.1 Å². The lowest BCUT2D eigenvalue weighted by molar-refractivity contribution is 0.411. The second-order valence-electron chi connectivity index (χ2n) is 5.73. The third-order valence-electron chi connectivity index (χ3n) is 4.01. The average Bonchev–Trinajstić information content (AvgIpc) is 2.53. The fourth-order valence-corrected chi connectivity index (χ4v) is 3.56. The van der Waals surface area contributed by atoms with E-state index >= 15 is 0 Å². The summed E-state index contributed by atoms with van der Waals surface area (Å²) in [6.45, 7) is 0.911. The molecule has 2 N–H and O–H groups in total. The molecule has 0 aromatic carbocycles. The Morgan fingerprint density at radius 2 is 1.76 bits per heavy atom. The van der Waals surface area contributed by atoms with Crippen LogP contribution in [0.25, 0.3) is 0 Å². The zero-order chi connectivity index (χ0) is 15.3. The fraction of sp³-hybridized carbons (Fsp3) is 0.786. The largest absolute Gasteiger partial charge is 0.357 e. The quantitative estimate of drug-likeness (QED) is 0.836. The summed E-state index contributed by atoms with van der Waals surface area (Å²) < 4.78 is 0.322. The van der Waals surface area contributed by atoms with Gasteiger partial charge in [0, 0.05) is 32.4 Å². The molecule has 0 atom stereocenters. The summed E-state index contributed by atoms with van der Waals surface area (Å²) >= 11 is 1.97. The number of nitrogens with one attached hydrogen (secondary N) is 2. The maximum absolute atomic E-state index is 4.47. The number of aromatic nitrogens is 3. The zero-order valence-corrected chi connectivity index (χ0v) is 14.3. The predicted octanol–water partition coefficient (Wildman–Crippen LogP) is 2.46. The van der Waals surface area contributed by atoms with E-state index in [0.717, 1.165) is 6.54 Å². The van der Waals surface area contributed by atoms with Gasteiger partial charge in [0.25, 0.3) is 0 Å². The van der Waals surface area contributed by atoms with E-state index in [9.17, 15) is 0 Å². The molecule has 2 rings (SSSR count). The van der Waals surface area contributed by atoms with Crippen molar-refractivity contribution < 1.29 is 0 Å². The Labute approximate surface area is 131 Å². The van der Waals surface area contributed by atoms with Gasteiger partial charge in [0.2, 0.25) is 17.8 Å². The van der Waals surface area contributed by atoms with E-state index in [1.54, 1.807) is 0 Å². The van der Waals surface area contributed by atoms with Gasteiger partial charge in [0.15, 0.2) is 0 Å². The van der Waals surface area contributed by atoms with Crippen LogP contribution in [0.3, 0.4) is 0 Å². The highest BCUT2D eigenvalue weighted by molar-refractivity contribution is 8.00. The van der Waals surface area contributed by atoms with Crippen LogP contribution in [0.4, 0.5) is 17.8 Å². The zero-order valence-electron chi connectivity index (χ0n) is 13.4. The van der Waals surface area contributed by atoms with E-state index in [4.69, 9.17) is 0 Å². The monoisotopic (exact) mass is 310 g/mol. The normalized spacial score (nSPS) is 17.3. The molecule has 21 heavy (non-hydrogen) atoms. The van der Waals surface area contributed by atoms with Crippen molar-refractivity contribution in [3.05, 3.63) is 0 Å². The molecular weight excluding hydrogens is 284 g/mol. The van der Waals surface area contributed by atoms with Gasteiger partial charge in [-0.1, -0.05) is 19.3 Å². The van der Waals surface area contributed by atoms with E-state index < -0.39 is 0 Å². The van der Waals surface area contributed by atoms with Crippen molar-refractivity contribution in [3.8, 4) is 0 Å². The summed E-state index contributed by atoms with van der Waals surface area (Å²) in [6, 6.07) is 0. The van der Waals surface area contributed by atoms with Crippen LogP contribution < -0.4 is 15.5 Å². The predicted molar refractivity (Wildman–Crippen MR) is 91.5 cm³/mol. The first-order valence-corrected chi connectivity index (χ1v) is 8.71. The van der Waals surface area contributed by atoms with E-state index in [1.165, 1.54) is 32.1 Å². The van der Waals surface area contributed by atoms with Crippen LogP contribution in [0.2, 0.25) is 0 Å². The molecule has 0 spiro atoms. The smallest absolute Gasteiger partial charge is 0.231 e. The molecule has 7 heteroatoms. The van der Waals surface area contributed by atoms with E-state index in [1.807, 2.05) is 37.8 Å². The van der Waals surface area contributed by atoms with E-state index in [-0.39, 0.29) is 0 Å². The van der Waals surface area contributed by atoms with E-state index in [0.29, 0.717) is 22.6 Å². The van der Waals surface area contributed by atoms with Gasteiger partial charge in [0.05, 0.1) is 0 Å². The number of thioether (sulfide) groups is 1. The van der Waals surface area contributed by atoms with Gasteiger partial charge in [0.1, 0.15) is 0 Å². The van der Waals surface area contributed by atoms with Gasteiger partial charge >= 0.3 is 0 Å². The van der Waals surface area contributed by atoms with Crippen LogP contribution in [-0.2, 0) is 0 Å². The summed E-state index contributed by atoms with van der Waals surface area (Å²) in [5, 5.41) is 6.42. The molecule has 0 amide bonds. The number of anilines is 3. The van der Waals surface area contributed by atoms with Crippen molar-refractivity contribution in [2.24, 2.45) is 0 Å². The summed E-state index contributed by atoms with van der Waals surface area (Å²) in [4.78, 5) is 15.1. The Kier molecular flexibility index (Phi) is 5.50. The molecular formula is C14H26N6S. The maximum Gasteiger partial charge on any atom is 0.231 e. The second-order valence-corrected chi connectivity index (χ2v) is 7.00. The summed E-state index contributed by atoms with van der Waals surface area (Å²) in [6.07, 6.45) is 8.76. The first-order valence-electron chi connectivity index (χ1n) is 7.49. The van der Waals surface area contributed by atoms with Crippen LogP contribution in [0.1, 0.15) is 32.1 Å². The van der Waals surface area contributed by atoms with Crippen LogP contribution in [0, 0.1) is 0 Å². The van der Waals surface area contributed by atoms with Gasteiger partial charge in [-0.3, -0.25) is 0 Å². The minimum Gasteiger partial charge on any atom is -0.357 e. The number of hydrogen-bond donors (Lipinski definition) is 2. The Hall–Kier alpha value is -1.24. The summed E-state index contributed by atoms with van der Waals surface area (Å²) in [5.41, 5.74) is 0. The molecule has 1 aromatic rings. The van der Waals surface area contributed by atoms with Gasteiger partial charge in [-0.25, -0.2) is 0 Å². The topological polar surface area (TPSA) is 66.0 Å². The second kappa shape index (κ2) is 7.15. The standard InChI is InChI=1S/C14H26N6S/c1-15-11-17-12(19-13(18-11)20(2)3)16-10-14(21-4)8-6-5-7-9-14/h5-10H2,1-4H3,(H2,15,16,17,18,19). The van der Waals surface area contributed by atoms with Crippen molar-refractivity contribution in [1.82, 2.24) is 15.0 Å². The fourth-order valence-electron chi connectivity index (χ4n) is 2.64. The van der Waals surface area contributed by atoms with Crippen molar-refractivity contribution in [2.45, 2.75) is 36.9 Å². The van der Waals surface area contributed by atoms with Gasteiger partial charge in [-0.15, -0.1) is 0 Å². The van der Waals surface area contributed by atoms with Crippen LogP contribution in [-0.4, -0.2) is 53.6 Å². The Bertz CT molecular complexity index is 459. The minimum atomic E-state index is 0.322. The molecule has 0 bridgehead atoms. The molecule has 1 aliphatic carbocycles. The molecule has 1 saturated carbocycles. The highest BCUT2D eigenvalue weighted by atomic mass is 32.2. The lowest BCUT2D eigenvalue weighted by Gasteiger charge is -2.35. The van der Waals surface area contributed by atoms with Crippen LogP contribution in [0.5, 0.6) is 0 Å². The van der Waals surface area contributed by atoms with Gasteiger partial charge < -0.3 is 15.5 Å². The third-order valence-corrected chi connectivity index (χ3v) is 5.43. The summed E-state index contributed by atoms with van der Waals surface area (Å²) in [7, 11) is 5.69. The molecule has 0 unspecified atom stereocenters. The average molecular weight is 310 g/mol.